The van der Waals surface area contributed by atoms with E-state index in [0.29, 0.717) is 43.4 Å². The van der Waals surface area contributed by atoms with E-state index in [-0.39, 0.29) is 24.5 Å². The molecule has 2 aromatic carbocycles. The van der Waals surface area contributed by atoms with E-state index in [0.717, 1.165) is 30.3 Å². The summed E-state index contributed by atoms with van der Waals surface area (Å²) in [7, 11) is 0. The van der Waals surface area contributed by atoms with Crippen LogP contribution in [-0.4, -0.2) is 50.8 Å². The second-order valence-corrected chi connectivity index (χ2v) is 9.60. The number of para-hydroxylation sites is 1. The van der Waals surface area contributed by atoms with E-state index < -0.39 is 17.7 Å². The molecule has 2 aromatic rings. The molecule has 5 nitrogen and oxygen atoms in total. The predicted octanol–water partition coefficient (Wildman–Crippen LogP) is 4.52. The molecule has 3 heterocycles. The van der Waals surface area contributed by atoms with Gasteiger partial charge in [-0.1, -0.05) is 23.7 Å². The second kappa shape index (κ2) is 9.30. The number of fused-ring (bicyclic) bond motifs is 3. The summed E-state index contributed by atoms with van der Waals surface area (Å²) >= 11 is 6.44. The standard InChI is InChI=1S/C25H27ClF3N3O2/c26-20-5-1-2-6-22(20)31-9-10-32-21-8-7-17(25(27,28)29)12-16(21)13-19(23(32)15-31)24(33)30-14-18-4-3-11-34-18/h1-2,5-8,12,18-19,23H,3-4,9-11,13-15H2,(H,30,33)/t18-,19+,23-/m0/s1. The van der Waals surface area contributed by atoms with Crippen LogP contribution in [0.25, 0.3) is 0 Å². The average Bonchev–Trinajstić information content (AvgIpc) is 3.35. The van der Waals surface area contributed by atoms with Gasteiger partial charge in [-0.3, -0.25) is 4.79 Å². The first kappa shape index (κ1) is 23.3. The molecule has 0 saturated carbocycles. The summed E-state index contributed by atoms with van der Waals surface area (Å²) < 4.78 is 45.8. The number of carbonyl (C=O) groups is 1. The number of anilines is 2. The van der Waals surface area contributed by atoms with Crippen LogP contribution in [0.1, 0.15) is 24.0 Å². The van der Waals surface area contributed by atoms with Crippen LogP contribution in [0.5, 0.6) is 0 Å². The van der Waals surface area contributed by atoms with E-state index in [1.165, 1.54) is 6.07 Å². The zero-order chi connectivity index (χ0) is 23.9. The molecule has 2 fully saturated rings. The summed E-state index contributed by atoms with van der Waals surface area (Å²) in [6, 6.07) is 11.3. The Hall–Kier alpha value is -2.45. The van der Waals surface area contributed by atoms with Gasteiger partial charge in [0.1, 0.15) is 0 Å². The lowest BCUT2D eigenvalue weighted by atomic mass is 9.82. The van der Waals surface area contributed by atoms with Crippen molar-refractivity contribution in [2.75, 3.05) is 42.6 Å². The Morgan fingerprint density at radius 3 is 2.71 bits per heavy atom. The molecule has 3 aliphatic heterocycles. The number of nitrogens with one attached hydrogen (secondary N) is 1. The number of nitrogens with zero attached hydrogens (tertiary/aromatic N) is 2. The maximum absolute atomic E-state index is 13.4. The van der Waals surface area contributed by atoms with Gasteiger partial charge < -0.3 is 19.9 Å². The van der Waals surface area contributed by atoms with Crippen molar-refractivity contribution in [2.24, 2.45) is 5.92 Å². The number of rotatable bonds is 4. The minimum absolute atomic E-state index is 0.00117. The first-order chi connectivity index (χ1) is 16.3. The predicted molar refractivity (Wildman–Crippen MR) is 125 cm³/mol. The molecule has 182 valence electrons. The first-order valence-electron chi connectivity index (χ1n) is 11.7. The van der Waals surface area contributed by atoms with Crippen LogP contribution in [0.2, 0.25) is 5.02 Å². The lowest BCUT2D eigenvalue weighted by Crippen LogP contribution is -2.61. The van der Waals surface area contributed by atoms with E-state index in [2.05, 4.69) is 15.1 Å². The molecule has 0 spiro atoms. The highest BCUT2D eigenvalue weighted by molar-refractivity contribution is 6.33. The van der Waals surface area contributed by atoms with Crippen LogP contribution in [-0.2, 0) is 22.1 Å². The zero-order valence-corrected chi connectivity index (χ0v) is 19.4. The molecule has 9 heteroatoms. The Morgan fingerprint density at radius 2 is 1.97 bits per heavy atom. The maximum Gasteiger partial charge on any atom is 0.416 e. The molecule has 3 atom stereocenters. The fourth-order valence-electron chi connectivity index (χ4n) is 5.38. The van der Waals surface area contributed by atoms with Crippen LogP contribution >= 0.6 is 11.6 Å². The van der Waals surface area contributed by atoms with Gasteiger partial charge in [0.25, 0.3) is 0 Å². The third kappa shape index (κ3) is 4.58. The van der Waals surface area contributed by atoms with E-state index in [9.17, 15) is 18.0 Å². The van der Waals surface area contributed by atoms with E-state index in [1.807, 2.05) is 24.3 Å². The summed E-state index contributed by atoms with van der Waals surface area (Å²) in [5.41, 5.74) is 1.56. The van der Waals surface area contributed by atoms with Crippen molar-refractivity contribution < 1.29 is 22.7 Å². The third-order valence-electron chi connectivity index (χ3n) is 7.10. The lowest BCUT2D eigenvalue weighted by Gasteiger charge is -2.50. The monoisotopic (exact) mass is 493 g/mol. The summed E-state index contributed by atoms with van der Waals surface area (Å²) in [6.07, 6.45) is -2.29. The molecule has 1 N–H and O–H groups in total. The van der Waals surface area contributed by atoms with Crippen LogP contribution in [0.15, 0.2) is 42.5 Å². The minimum Gasteiger partial charge on any atom is -0.376 e. The molecule has 34 heavy (non-hydrogen) atoms. The normalized spacial score (nSPS) is 24.5. The van der Waals surface area contributed by atoms with Crippen molar-refractivity contribution >= 4 is 28.9 Å². The zero-order valence-electron chi connectivity index (χ0n) is 18.7. The van der Waals surface area contributed by atoms with Crippen molar-refractivity contribution in [3.8, 4) is 0 Å². The van der Waals surface area contributed by atoms with Crippen LogP contribution in [0.4, 0.5) is 24.5 Å². The number of piperazine rings is 1. The molecule has 2 saturated heterocycles. The van der Waals surface area contributed by atoms with Crippen LogP contribution in [0, 0.1) is 5.92 Å². The van der Waals surface area contributed by atoms with Crippen LogP contribution in [0.3, 0.4) is 0 Å². The van der Waals surface area contributed by atoms with Crippen LogP contribution < -0.4 is 15.1 Å². The Bertz CT molecular complexity index is 1060. The molecule has 0 radical (unpaired) electrons. The van der Waals surface area contributed by atoms with Gasteiger partial charge >= 0.3 is 6.18 Å². The smallest absolute Gasteiger partial charge is 0.376 e. The van der Waals surface area contributed by atoms with Gasteiger partial charge in [-0.05, 0) is 55.2 Å². The van der Waals surface area contributed by atoms with Crippen molar-refractivity contribution in [3.63, 3.8) is 0 Å². The molecule has 0 unspecified atom stereocenters. The van der Waals surface area contributed by atoms with Gasteiger partial charge in [0.05, 0.1) is 34.3 Å². The molecule has 0 aromatic heterocycles. The molecule has 0 aliphatic carbocycles. The first-order valence-corrected chi connectivity index (χ1v) is 12.0. The summed E-state index contributed by atoms with van der Waals surface area (Å²) in [5.74, 6) is -0.628. The Morgan fingerprint density at radius 1 is 1.15 bits per heavy atom. The van der Waals surface area contributed by atoms with Crippen molar-refractivity contribution in [1.82, 2.24) is 5.32 Å². The highest BCUT2D eigenvalue weighted by atomic mass is 35.5. The van der Waals surface area contributed by atoms with Crippen molar-refractivity contribution in [2.45, 2.75) is 37.6 Å². The third-order valence-corrected chi connectivity index (χ3v) is 7.42. The minimum atomic E-state index is -4.42. The summed E-state index contributed by atoms with van der Waals surface area (Å²) in [5, 5.41) is 3.65. The SMILES string of the molecule is O=C(NC[C@@H]1CCCO1)[C@@H]1Cc2cc(C(F)(F)F)ccc2N2CCN(c3ccccc3Cl)C[C@@H]12. The average molecular weight is 494 g/mol. The van der Waals surface area contributed by atoms with Gasteiger partial charge in [-0.2, -0.15) is 13.2 Å². The van der Waals surface area contributed by atoms with Gasteiger partial charge in [0.15, 0.2) is 0 Å². The van der Waals surface area contributed by atoms with E-state index in [4.69, 9.17) is 16.3 Å². The number of hydrogen-bond donors (Lipinski definition) is 1. The fourth-order valence-corrected chi connectivity index (χ4v) is 5.63. The largest absolute Gasteiger partial charge is 0.416 e. The number of halogens is 4. The van der Waals surface area contributed by atoms with Gasteiger partial charge in [-0.25, -0.2) is 0 Å². The molecular formula is C25H27ClF3N3O2. The van der Waals surface area contributed by atoms with Gasteiger partial charge in [0, 0.05) is 38.5 Å². The number of benzene rings is 2. The number of ether oxygens (including phenoxy) is 1. The lowest BCUT2D eigenvalue weighted by molar-refractivity contribution is -0.137. The molecule has 0 bridgehead atoms. The molecular weight excluding hydrogens is 467 g/mol. The Balaban J connectivity index is 1.44. The van der Waals surface area contributed by atoms with Crippen molar-refractivity contribution in [3.05, 3.63) is 58.6 Å². The number of amides is 1. The fraction of sp³-hybridized carbons (Fsp3) is 0.480. The Labute approximate surface area is 201 Å². The topological polar surface area (TPSA) is 44.8 Å². The molecule has 5 rings (SSSR count). The highest BCUT2D eigenvalue weighted by Crippen LogP contribution is 2.41. The second-order valence-electron chi connectivity index (χ2n) is 9.19. The van der Waals surface area contributed by atoms with E-state index in [1.54, 1.807) is 6.07 Å². The van der Waals surface area contributed by atoms with E-state index >= 15 is 0 Å². The summed E-state index contributed by atoms with van der Waals surface area (Å²) in [6.45, 7) is 2.92. The quantitative estimate of drug-likeness (QED) is 0.680. The van der Waals surface area contributed by atoms with Gasteiger partial charge in [0.2, 0.25) is 5.91 Å². The number of carbonyl (C=O) groups excluding carboxylic acids is 1. The maximum atomic E-state index is 13.4. The van der Waals surface area contributed by atoms with Crippen molar-refractivity contribution in [1.29, 1.82) is 0 Å². The molecule has 1 amide bonds. The molecule has 3 aliphatic rings. The number of alkyl halides is 3. The van der Waals surface area contributed by atoms with Gasteiger partial charge in [-0.15, -0.1) is 0 Å². The Kier molecular flexibility index (Phi) is 6.37. The highest BCUT2D eigenvalue weighted by Gasteiger charge is 2.43. The number of hydrogen-bond acceptors (Lipinski definition) is 4. The summed E-state index contributed by atoms with van der Waals surface area (Å²) in [4.78, 5) is 17.6.